The molecule has 20 heavy (non-hydrogen) atoms. The minimum Gasteiger partial charge on any atom is -0.336 e. The Hall–Kier alpha value is -1.11. The second-order valence-electron chi connectivity index (χ2n) is 4.97. The Labute approximate surface area is 123 Å². The van der Waals surface area contributed by atoms with E-state index in [-0.39, 0.29) is 21.9 Å². The van der Waals surface area contributed by atoms with Gasteiger partial charge in [0, 0.05) is 18.2 Å². The predicted octanol–water partition coefficient (Wildman–Crippen LogP) is 1.92. The molecule has 1 fully saturated rings. The summed E-state index contributed by atoms with van der Waals surface area (Å²) >= 11 is 5.96. The molecular formula is C13H17ClN2O3S. The molecule has 2 rings (SSSR count). The summed E-state index contributed by atoms with van der Waals surface area (Å²) in [6.07, 6.45) is 1.99. The number of rotatable bonds is 4. The van der Waals surface area contributed by atoms with Gasteiger partial charge >= 0.3 is 0 Å². The summed E-state index contributed by atoms with van der Waals surface area (Å²) in [6.45, 7) is 4.15. The molecule has 2 N–H and O–H groups in total. The number of nitrogens with two attached hydrogens (primary N) is 1. The third kappa shape index (κ3) is 2.97. The number of carbonyl (C=O) groups is 1. The number of primary sulfonamides is 1. The van der Waals surface area contributed by atoms with Crippen molar-refractivity contribution in [3.05, 3.63) is 28.3 Å². The van der Waals surface area contributed by atoms with Crippen LogP contribution in [0.2, 0.25) is 5.02 Å². The lowest BCUT2D eigenvalue weighted by atomic mass is 10.1. The van der Waals surface area contributed by atoms with Gasteiger partial charge in [-0.3, -0.25) is 4.79 Å². The molecule has 1 aliphatic carbocycles. The largest absolute Gasteiger partial charge is 0.336 e. The highest BCUT2D eigenvalue weighted by Crippen LogP contribution is 2.30. The molecular weight excluding hydrogens is 300 g/mol. The van der Waals surface area contributed by atoms with Gasteiger partial charge in [0.15, 0.2) is 0 Å². The van der Waals surface area contributed by atoms with Gasteiger partial charge in [0.05, 0.1) is 5.02 Å². The lowest BCUT2D eigenvalue weighted by Crippen LogP contribution is -2.33. The zero-order chi connectivity index (χ0) is 15.1. The Kier molecular flexibility index (Phi) is 4.09. The number of sulfonamides is 1. The molecule has 0 bridgehead atoms. The van der Waals surface area contributed by atoms with Gasteiger partial charge in [-0.25, -0.2) is 13.6 Å². The summed E-state index contributed by atoms with van der Waals surface area (Å²) < 4.78 is 23.1. The summed E-state index contributed by atoms with van der Waals surface area (Å²) in [6, 6.07) is 3.13. The van der Waals surface area contributed by atoms with Gasteiger partial charge in [0.25, 0.3) is 5.91 Å². The molecule has 0 aliphatic heterocycles. The molecule has 0 atom stereocenters. The van der Waals surface area contributed by atoms with Crippen LogP contribution in [0.4, 0.5) is 0 Å². The maximum absolute atomic E-state index is 12.4. The van der Waals surface area contributed by atoms with Gasteiger partial charge in [-0.2, -0.15) is 0 Å². The molecule has 5 nitrogen and oxygen atoms in total. The highest BCUT2D eigenvalue weighted by atomic mass is 35.5. The van der Waals surface area contributed by atoms with E-state index < -0.39 is 10.0 Å². The minimum absolute atomic E-state index is 0.0681. The van der Waals surface area contributed by atoms with E-state index in [0.717, 1.165) is 12.8 Å². The van der Waals surface area contributed by atoms with Crippen molar-refractivity contribution in [1.82, 2.24) is 4.90 Å². The molecule has 0 spiro atoms. The van der Waals surface area contributed by atoms with Crippen LogP contribution < -0.4 is 5.14 Å². The van der Waals surface area contributed by atoms with E-state index in [4.69, 9.17) is 16.7 Å². The second kappa shape index (κ2) is 5.35. The summed E-state index contributed by atoms with van der Waals surface area (Å²) in [5.74, 6) is -0.181. The van der Waals surface area contributed by atoms with Gasteiger partial charge in [-0.1, -0.05) is 11.6 Å². The highest BCUT2D eigenvalue weighted by molar-refractivity contribution is 7.89. The van der Waals surface area contributed by atoms with Gasteiger partial charge in [-0.05, 0) is 44.4 Å². The molecule has 110 valence electrons. The molecule has 0 unspecified atom stereocenters. The number of hydrogen-bond acceptors (Lipinski definition) is 3. The van der Waals surface area contributed by atoms with E-state index in [9.17, 15) is 13.2 Å². The molecule has 0 aromatic heterocycles. The number of amides is 1. The van der Waals surface area contributed by atoms with Crippen LogP contribution in [0.1, 0.15) is 35.7 Å². The minimum atomic E-state index is -3.95. The van der Waals surface area contributed by atoms with Crippen LogP contribution in [0.3, 0.4) is 0 Å². The number of halogens is 1. The van der Waals surface area contributed by atoms with Crippen molar-refractivity contribution in [2.45, 2.75) is 37.6 Å². The van der Waals surface area contributed by atoms with Crippen LogP contribution in [-0.2, 0) is 10.0 Å². The molecule has 1 amide bonds. The lowest BCUT2D eigenvalue weighted by Gasteiger charge is -2.21. The van der Waals surface area contributed by atoms with Gasteiger partial charge in [0.2, 0.25) is 10.0 Å². The lowest BCUT2D eigenvalue weighted by molar-refractivity contribution is 0.0752. The maximum Gasteiger partial charge on any atom is 0.254 e. The number of benzene rings is 1. The van der Waals surface area contributed by atoms with Crippen LogP contribution in [-0.4, -0.2) is 31.8 Å². The number of carbonyl (C=O) groups excluding carboxylic acids is 1. The van der Waals surface area contributed by atoms with Crippen LogP contribution in [0.5, 0.6) is 0 Å². The Morgan fingerprint density at radius 2 is 2.05 bits per heavy atom. The average molecular weight is 317 g/mol. The third-order valence-corrected chi connectivity index (χ3v) is 4.91. The van der Waals surface area contributed by atoms with E-state index in [1.807, 2.05) is 6.92 Å². The molecule has 1 aromatic carbocycles. The Bertz CT molecular complexity index is 654. The maximum atomic E-state index is 12.4. The monoisotopic (exact) mass is 316 g/mol. The standard InChI is InChI=1S/C13H17ClN2O3S/c1-3-16(10-4-5-10)13(17)9-6-8(2)12(14)11(7-9)20(15,18)19/h6-7,10H,3-5H2,1-2H3,(H2,15,18,19). The predicted molar refractivity (Wildman–Crippen MR) is 77.3 cm³/mol. The zero-order valence-corrected chi connectivity index (χ0v) is 13.0. The third-order valence-electron chi connectivity index (χ3n) is 3.36. The normalized spacial score (nSPS) is 15.2. The summed E-state index contributed by atoms with van der Waals surface area (Å²) in [7, 11) is -3.95. The van der Waals surface area contributed by atoms with Crippen molar-refractivity contribution in [1.29, 1.82) is 0 Å². The molecule has 1 aromatic rings. The SMILES string of the molecule is CCN(C(=O)c1cc(C)c(Cl)c(S(N)(=O)=O)c1)C1CC1. The first-order valence-corrected chi connectivity index (χ1v) is 8.32. The Morgan fingerprint density at radius 1 is 1.45 bits per heavy atom. The fourth-order valence-electron chi connectivity index (χ4n) is 2.19. The van der Waals surface area contributed by atoms with Crippen molar-refractivity contribution in [3.63, 3.8) is 0 Å². The van der Waals surface area contributed by atoms with Gasteiger partial charge < -0.3 is 4.90 Å². The molecule has 1 aliphatic rings. The molecule has 0 radical (unpaired) electrons. The van der Waals surface area contributed by atoms with Crippen LogP contribution in [0.15, 0.2) is 17.0 Å². The zero-order valence-electron chi connectivity index (χ0n) is 11.4. The summed E-state index contributed by atoms with van der Waals surface area (Å²) in [5, 5.41) is 5.21. The van der Waals surface area contributed by atoms with Crippen LogP contribution in [0, 0.1) is 6.92 Å². The average Bonchev–Trinajstić information content (AvgIpc) is 3.16. The molecule has 7 heteroatoms. The van der Waals surface area contributed by atoms with Crippen molar-refractivity contribution >= 4 is 27.5 Å². The van der Waals surface area contributed by atoms with Crippen molar-refractivity contribution in [3.8, 4) is 0 Å². The number of aryl methyl sites for hydroxylation is 1. The quantitative estimate of drug-likeness (QED) is 0.921. The summed E-state index contributed by atoms with van der Waals surface area (Å²) in [5.41, 5.74) is 0.832. The fraction of sp³-hybridized carbons (Fsp3) is 0.462. The number of nitrogens with zero attached hydrogens (tertiary/aromatic N) is 1. The van der Waals surface area contributed by atoms with E-state index in [1.54, 1.807) is 17.9 Å². The Morgan fingerprint density at radius 3 is 2.50 bits per heavy atom. The first-order chi connectivity index (χ1) is 9.25. The van der Waals surface area contributed by atoms with Crippen LogP contribution >= 0.6 is 11.6 Å². The fourth-order valence-corrected chi connectivity index (χ4v) is 3.32. The van der Waals surface area contributed by atoms with E-state index in [2.05, 4.69) is 0 Å². The van der Waals surface area contributed by atoms with Crippen molar-refractivity contribution in [2.24, 2.45) is 5.14 Å². The number of hydrogen-bond donors (Lipinski definition) is 1. The topological polar surface area (TPSA) is 80.5 Å². The molecule has 0 saturated heterocycles. The second-order valence-corrected chi connectivity index (χ2v) is 6.88. The first-order valence-electron chi connectivity index (χ1n) is 6.39. The van der Waals surface area contributed by atoms with Crippen LogP contribution in [0.25, 0.3) is 0 Å². The smallest absolute Gasteiger partial charge is 0.254 e. The molecule has 0 heterocycles. The first kappa shape index (κ1) is 15.3. The van der Waals surface area contributed by atoms with Crippen molar-refractivity contribution in [2.75, 3.05) is 6.54 Å². The molecule has 1 saturated carbocycles. The van der Waals surface area contributed by atoms with E-state index in [0.29, 0.717) is 17.7 Å². The summed E-state index contributed by atoms with van der Waals surface area (Å²) in [4.78, 5) is 14.0. The van der Waals surface area contributed by atoms with E-state index in [1.165, 1.54) is 6.07 Å². The van der Waals surface area contributed by atoms with Crippen molar-refractivity contribution < 1.29 is 13.2 Å². The highest BCUT2D eigenvalue weighted by Gasteiger charge is 2.32. The Balaban J connectivity index is 2.47. The van der Waals surface area contributed by atoms with Gasteiger partial charge in [0.1, 0.15) is 4.90 Å². The van der Waals surface area contributed by atoms with Gasteiger partial charge in [-0.15, -0.1) is 0 Å². The van der Waals surface area contributed by atoms with E-state index >= 15 is 0 Å².